The first-order chi connectivity index (χ1) is 20.8. The van der Waals surface area contributed by atoms with E-state index in [1.54, 1.807) is 23.7 Å². The number of aromatic nitrogens is 3. The molecule has 1 aromatic heterocycles. The molecule has 0 saturated carbocycles. The maximum Gasteiger partial charge on any atom is 0.338 e. The number of nitrogens with zero attached hydrogens (tertiary/aromatic N) is 3. The van der Waals surface area contributed by atoms with Crippen LogP contribution in [0.2, 0.25) is 15.1 Å². The predicted octanol–water partition coefficient (Wildman–Crippen LogP) is 8.36. The Bertz CT molecular complexity index is 1680. The first-order valence-corrected chi connectivity index (χ1v) is 15.7. The van der Waals surface area contributed by atoms with E-state index in [0.717, 1.165) is 16.7 Å². The predicted molar refractivity (Wildman–Crippen MR) is 171 cm³/mol. The number of allylic oxidation sites excluding steroid dienone is 1. The summed E-state index contributed by atoms with van der Waals surface area (Å²) in [6.45, 7) is 6.35. The Hall–Kier alpha value is -3.37. The summed E-state index contributed by atoms with van der Waals surface area (Å²) in [5.74, 6) is 1.69. The summed E-state index contributed by atoms with van der Waals surface area (Å²) in [5.41, 5.74) is 3.56. The number of benzene rings is 3. The minimum atomic E-state index is -0.628. The van der Waals surface area contributed by atoms with E-state index in [9.17, 15) is 4.79 Å². The van der Waals surface area contributed by atoms with Gasteiger partial charge < -0.3 is 19.5 Å². The molecule has 3 aromatic carbocycles. The van der Waals surface area contributed by atoms with Crippen LogP contribution in [0, 0.1) is 0 Å². The second-order valence-corrected chi connectivity index (χ2v) is 11.7. The monoisotopic (exact) mass is 658 g/mol. The standard InChI is InChI=1S/C31H29Cl3N4O4S/c1-4-40-26-14-19(11-13-25(26)42-16-20-10-12-22(32)15-24(20)34)28-27(29(39)41-5-2)18(3)35-30-36-31(37-38(28)30)43-17-21-8-6-7-9-23(21)33/h6-15,28H,4-5,16-17H2,1-3H3,(H,35,36,37). The first-order valence-electron chi connectivity index (χ1n) is 13.6. The molecule has 43 heavy (non-hydrogen) atoms. The van der Waals surface area contributed by atoms with Crippen LogP contribution >= 0.6 is 46.6 Å². The van der Waals surface area contributed by atoms with E-state index in [2.05, 4.69) is 5.32 Å². The molecule has 0 fully saturated rings. The molecule has 0 saturated heterocycles. The summed E-state index contributed by atoms with van der Waals surface area (Å²) in [6.07, 6.45) is 0. The van der Waals surface area contributed by atoms with Crippen LogP contribution in [0.5, 0.6) is 11.5 Å². The van der Waals surface area contributed by atoms with E-state index >= 15 is 0 Å². The number of esters is 1. The number of halogens is 3. The van der Waals surface area contributed by atoms with Gasteiger partial charge in [-0.05, 0) is 62.2 Å². The summed E-state index contributed by atoms with van der Waals surface area (Å²) < 4.78 is 19.3. The van der Waals surface area contributed by atoms with Crippen molar-refractivity contribution in [1.82, 2.24) is 14.8 Å². The highest BCUT2D eigenvalue weighted by atomic mass is 35.5. The third kappa shape index (κ3) is 7.07. The van der Waals surface area contributed by atoms with Crippen LogP contribution in [0.1, 0.15) is 43.5 Å². The molecule has 0 spiro atoms. The summed E-state index contributed by atoms with van der Waals surface area (Å²) >= 11 is 20.2. The second kappa shape index (κ2) is 13.9. The third-order valence-electron chi connectivity index (χ3n) is 6.62. The van der Waals surface area contributed by atoms with Gasteiger partial charge in [0.15, 0.2) is 11.5 Å². The number of anilines is 1. The molecule has 12 heteroatoms. The summed E-state index contributed by atoms with van der Waals surface area (Å²) in [7, 11) is 0. The number of ether oxygens (including phenoxy) is 3. The van der Waals surface area contributed by atoms with Crippen LogP contribution in [0.3, 0.4) is 0 Å². The Labute approximate surface area is 269 Å². The van der Waals surface area contributed by atoms with Crippen LogP contribution in [0.25, 0.3) is 0 Å². The molecule has 4 aromatic rings. The maximum absolute atomic E-state index is 13.3. The Balaban J connectivity index is 1.49. The van der Waals surface area contributed by atoms with Crippen LogP contribution in [0.4, 0.5) is 5.95 Å². The smallest absolute Gasteiger partial charge is 0.338 e. The highest BCUT2D eigenvalue weighted by Gasteiger charge is 2.35. The normalized spacial score (nSPS) is 14.2. The van der Waals surface area contributed by atoms with Gasteiger partial charge in [-0.2, -0.15) is 4.98 Å². The van der Waals surface area contributed by atoms with Crippen molar-refractivity contribution in [3.8, 4) is 11.5 Å². The average molecular weight is 660 g/mol. The van der Waals surface area contributed by atoms with Crippen LogP contribution < -0.4 is 14.8 Å². The maximum atomic E-state index is 13.3. The van der Waals surface area contributed by atoms with Gasteiger partial charge in [0.1, 0.15) is 12.6 Å². The van der Waals surface area contributed by atoms with Gasteiger partial charge in [0, 0.05) is 32.1 Å². The lowest BCUT2D eigenvalue weighted by Crippen LogP contribution is -2.29. The Morgan fingerprint density at radius 3 is 2.51 bits per heavy atom. The summed E-state index contributed by atoms with van der Waals surface area (Å²) in [5, 5.41) is 10.3. The minimum Gasteiger partial charge on any atom is -0.490 e. The van der Waals surface area contributed by atoms with Crippen molar-refractivity contribution < 1.29 is 19.0 Å². The first kappa shape index (κ1) is 31.1. The largest absolute Gasteiger partial charge is 0.490 e. The Morgan fingerprint density at radius 2 is 1.77 bits per heavy atom. The van der Waals surface area contributed by atoms with Gasteiger partial charge in [-0.1, -0.05) is 76.9 Å². The third-order valence-corrected chi connectivity index (χ3v) is 8.47. The molecule has 0 bridgehead atoms. The van der Waals surface area contributed by atoms with Crippen molar-refractivity contribution in [2.75, 3.05) is 18.5 Å². The number of thioether (sulfide) groups is 1. The molecule has 1 aliphatic rings. The SMILES string of the molecule is CCOC(=O)C1=C(C)Nc2nc(SCc3ccccc3Cl)nn2C1c1ccc(OCc2ccc(Cl)cc2Cl)c(OCC)c1. The molecule has 8 nitrogen and oxygen atoms in total. The van der Waals surface area contributed by atoms with Gasteiger partial charge in [0.25, 0.3) is 0 Å². The van der Waals surface area contributed by atoms with Crippen LogP contribution in [0.15, 0.2) is 77.1 Å². The number of hydrogen-bond donors (Lipinski definition) is 1. The molecule has 0 aliphatic carbocycles. The lowest BCUT2D eigenvalue weighted by atomic mass is 9.95. The van der Waals surface area contributed by atoms with Gasteiger partial charge in [0.05, 0.1) is 18.8 Å². The number of carbonyl (C=O) groups excluding carboxylic acids is 1. The lowest BCUT2D eigenvalue weighted by Gasteiger charge is -2.28. The van der Waals surface area contributed by atoms with Crippen LogP contribution in [-0.2, 0) is 21.9 Å². The van der Waals surface area contributed by atoms with Gasteiger partial charge in [-0.25, -0.2) is 9.48 Å². The van der Waals surface area contributed by atoms with E-state index in [1.165, 1.54) is 11.8 Å². The van der Waals surface area contributed by atoms with E-state index in [1.807, 2.05) is 62.4 Å². The molecule has 1 atom stereocenters. The van der Waals surface area contributed by atoms with Gasteiger partial charge >= 0.3 is 5.97 Å². The Kier molecular flexibility index (Phi) is 10.1. The molecular formula is C31H29Cl3N4O4S. The van der Waals surface area contributed by atoms with E-state index in [-0.39, 0.29) is 13.2 Å². The molecule has 1 aliphatic heterocycles. The molecule has 0 radical (unpaired) electrons. The quantitative estimate of drug-likeness (QED) is 0.127. The number of fused-ring (bicyclic) bond motifs is 1. The molecule has 224 valence electrons. The fourth-order valence-electron chi connectivity index (χ4n) is 4.61. The number of nitrogens with one attached hydrogen (secondary N) is 1. The van der Waals surface area contributed by atoms with E-state index < -0.39 is 12.0 Å². The van der Waals surface area contributed by atoms with Crippen molar-refractivity contribution in [3.05, 3.63) is 104 Å². The molecule has 2 heterocycles. The molecule has 1 unspecified atom stereocenters. The molecule has 1 N–H and O–H groups in total. The molecule has 5 rings (SSSR count). The lowest BCUT2D eigenvalue weighted by molar-refractivity contribution is -0.139. The van der Waals surface area contributed by atoms with E-state index in [4.69, 9.17) is 59.1 Å². The highest BCUT2D eigenvalue weighted by Crippen LogP contribution is 2.40. The highest BCUT2D eigenvalue weighted by molar-refractivity contribution is 7.98. The van der Waals surface area contributed by atoms with Gasteiger partial charge in [0.2, 0.25) is 11.1 Å². The summed E-state index contributed by atoms with van der Waals surface area (Å²) in [6, 6.07) is 17.8. The van der Waals surface area contributed by atoms with Crippen LogP contribution in [-0.4, -0.2) is 33.9 Å². The van der Waals surface area contributed by atoms with E-state index in [0.29, 0.717) is 61.3 Å². The zero-order chi connectivity index (χ0) is 30.5. The zero-order valence-electron chi connectivity index (χ0n) is 23.7. The molecular weight excluding hydrogens is 631 g/mol. The fraction of sp³-hybridized carbons (Fsp3) is 0.258. The molecule has 0 amide bonds. The van der Waals surface area contributed by atoms with Crippen molar-refractivity contribution in [2.24, 2.45) is 0 Å². The Morgan fingerprint density at radius 1 is 0.953 bits per heavy atom. The van der Waals surface area contributed by atoms with Crippen molar-refractivity contribution in [2.45, 2.75) is 44.3 Å². The average Bonchev–Trinajstić information content (AvgIpc) is 3.38. The number of hydrogen-bond acceptors (Lipinski definition) is 8. The second-order valence-electron chi connectivity index (χ2n) is 9.49. The van der Waals surface area contributed by atoms with Crippen molar-refractivity contribution in [3.63, 3.8) is 0 Å². The number of carbonyl (C=O) groups is 1. The minimum absolute atomic E-state index is 0.217. The van der Waals surface area contributed by atoms with Crippen molar-refractivity contribution >= 4 is 58.5 Å². The number of rotatable bonds is 11. The van der Waals surface area contributed by atoms with Gasteiger partial charge in [-0.15, -0.1) is 5.10 Å². The van der Waals surface area contributed by atoms with Crippen molar-refractivity contribution in [1.29, 1.82) is 0 Å². The summed E-state index contributed by atoms with van der Waals surface area (Å²) in [4.78, 5) is 18.0. The van der Waals surface area contributed by atoms with Gasteiger partial charge in [-0.3, -0.25) is 0 Å². The zero-order valence-corrected chi connectivity index (χ0v) is 26.8. The topological polar surface area (TPSA) is 87.5 Å². The fourth-order valence-corrected chi connectivity index (χ4v) is 6.19.